The molecule has 0 saturated carbocycles. The zero-order chi connectivity index (χ0) is 12.3. The van der Waals surface area contributed by atoms with E-state index in [1.807, 2.05) is 19.1 Å². The van der Waals surface area contributed by atoms with Crippen molar-refractivity contribution in [2.24, 2.45) is 0 Å². The Morgan fingerprint density at radius 2 is 2.06 bits per heavy atom. The lowest BCUT2D eigenvalue weighted by Crippen LogP contribution is -1.91. The van der Waals surface area contributed by atoms with Crippen molar-refractivity contribution in [1.29, 1.82) is 0 Å². The first-order valence-electron chi connectivity index (χ1n) is 5.30. The van der Waals surface area contributed by atoms with Gasteiger partial charge in [-0.2, -0.15) is 0 Å². The highest BCUT2D eigenvalue weighted by molar-refractivity contribution is 5.81. The number of hydrogen-bond acceptors (Lipinski definition) is 3. The number of aldehydes is 1. The molecular weight excluding hydrogens is 214 g/mol. The van der Waals surface area contributed by atoms with Crippen LogP contribution in [0.25, 0.3) is 11.1 Å². The smallest absolute Gasteiger partial charge is 0.150 e. The van der Waals surface area contributed by atoms with Crippen LogP contribution in [0.1, 0.15) is 15.9 Å². The van der Waals surface area contributed by atoms with E-state index < -0.39 is 0 Å². The van der Waals surface area contributed by atoms with E-state index >= 15 is 0 Å². The summed E-state index contributed by atoms with van der Waals surface area (Å²) in [6.07, 6.45) is 4.38. The first-order valence-corrected chi connectivity index (χ1v) is 5.30. The molecule has 1 heterocycles. The third-order valence-electron chi connectivity index (χ3n) is 2.55. The number of hydrogen-bond donors (Lipinski definition) is 0. The van der Waals surface area contributed by atoms with Gasteiger partial charge in [0.2, 0.25) is 0 Å². The van der Waals surface area contributed by atoms with Crippen molar-refractivity contribution in [3.05, 3.63) is 47.8 Å². The Labute approximate surface area is 100 Å². The van der Waals surface area contributed by atoms with E-state index in [0.29, 0.717) is 5.56 Å². The van der Waals surface area contributed by atoms with Crippen LogP contribution < -0.4 is 4.74 Å². The van der Waals surface area contributed by atoms with Crippen molar-refractivity contribution < 1.29 is 9.53 Å². The molecule has 0 aliphatic heterocycles. The number of methoxy groups -OCH3 is 1. The van der Waals surface area contributed by atoms with E-state index in [1.165, 1.54) is 0 Å². The number of nitrogens with zero attached hydrogens (tertiary/aromatic N) is 1. The largest absolute Gasteiger partial charge is 0.496 e. The van der Waals surface area contributed by atoms with Crippen LogP contribution >= 0.6 is 0 Å². The highest BCUT2D eigenvalue weighted by Gasteiger charge is 2.07. The molecule has 0 aliphatic carbocycles. The summed E-state index contributed by atoms with van der Waals surface area (Å²) in [4.78, 5) is 14.9. The van der Waals surface area contributed by atoms with Gasteiger partial charge in [-0.3, -0.25) is 9.78 Å². The Bertz CT molecular complexity index is 550. The molecule has 0 amide bonds. The zero-order valence-electron chi connectivity index (χ0n) is 9.81. The average molecular weight is 227 g/mol. The lowest BCUT2D eigenvalue weighted by Gasteiger charge is -2.09. The third kappa shape index (κ3) is 2.33. The Kier molecular flexibility index (Phi) is 3.19. The van der Waals surface area contributed by atoms with Crippen molar-refractivity contribution in [2.75, 3.05) is 7.11 Å². The summed E-state index contributed by atoms with van der Waals surface area (Å²) in [5, 5.41) is 0. The van der Waals surface area contributed by atoms with E-state index in [2.05, 4.69) is 4.98 Å². The number of carbonyl (C=O) groups excluding carboxylic acids is 1. The van der Waals surface area contributed by atoms with E-state index in [1.54, 1.807) is 31.6 Å². The number of pyridine rings is 1. The second kappa shape index (κ2) is 4.78. The Morgan fingerprint density at radius 3 is 2.71 bits per heavy atom. The summed E-state index contributed by atoms with van der Waals surface area (Å²) in [7, 11) is 1.61. The van der Waals surface area contributed by atoms with Crippen LogP contribution in [0, 0.1) is 6.92 Å². The Hall–Kier alpha value is -2.16. The second-order valence-electron chi connectivity index (χ2n) is 3.83. The van der Waals surface area contributed by atoms with Gasteiger partial charge in [-0.25, -0.2) is 0 Å². The molecule has 0 N–H and O–H groups in total. The summed E-state index contributed by atoms with van der Waals surface area (Å²) in [5.74, 6) is 0.739. The fourth-order valence-corrected chi connectivity index (χ4v) is 1.73. The van der Waals surface area contributed by atoms with E-state index in [0.717, 1.165) is 28.7 Å². The van der Waals surface area contributed by atoms with Gasteiger partial charge in [0.1, 0.15) is 12.0 Å². The van der Waals surface area contributed by atoms with Gasteiger partial charge in [0.15, 0.2) is 0 Å². The molecule has 0 bridgehead atoms. The van der Waals surface area contributed by atoms with Gasteiger partial charge >= 0.3 is 0 Å². The van der Waals surface area contributed by atoms with Crippen LogP contribution in [0.3, 0.4) is 0 Å². The van der Waals surface area contributed by atoms with E-state index in [9.17, 15) is 4.79 Å². The maximum Gasteiger partial charge on any atom is 0.150 e. The molecule has 2 rings (SSSR count). The zero-order valence-corrected chi connectivity index (χ0v) is 9.81. The van der Waals surface area contributed by atoms with Crippen LogP contribution in [0.5, 0.6) is 5.75 Å². The first-order chi connectivity index (χ1) is 8.24. The summed E-state index contributed by atoms with van der Waals surface area (Å²) in [5.41, 5.74) is 3.53. The molecule has 86 valence electrons. The molecule has 3 heteroatoms. The van der Waals surface area contributed by atoms with Crippen LogP contribution in [0.2, 0.25) is 0 Å². The first kappa shape index (κ1) is 11.3. The van der Waals surface area contributed by atoms with Gasteiger partial charge in [-0.15, -0.1) is 0 Å². The van der Waals surface area contributed by atoms with Gasteiger partial charge in [-0.1, -0.05) is 0 Å². The Balaban J connectivity index is 2.59. The maximum atomic E-state index is 10.8. The molecule has 1 aromatic carbocycles. The molecule has 0 aliphatic rings. The SMILES string of the molecule is COc1ccc(C=O)cc1-c1cncc(C)c1. The predicted molar refractivity (Wildman–Crippen MR) is 66.3 cm³/mol. The van der Waals surface area contributed by atoms with Crippen molar-refractivity contribution in [3.8, 4) is 16.9 Å². The van der Waals surface area contributed by atoms with Gasteiger partial charge in [0.25, 0.3) is 0 Å². The Morgan fingerprint density at radius 1 is 1.24 bits per heavy atom. The van der Waals surface area contributed by atoms with Gasteiger partial charge in [-0.05, 0) is 36.8 Å². The van der Waals surface area contributed by atoms with Gasteiger partial charge in [0, 0.05) is 29.1 Å². The minimum absolute atomic E-state index is 0.627. The molecule has 2 aromatic rings. The number of ether oxygens (including phenoxy) is 1. The molecule has 0 radical (unpaired) electrons. The van der Waals surface area contributed by atoms with Crippen LogP contribution in [-0.2, 0) is 0 Å². The predicted octanol–water partition coefficient (Wildman–Crippen LogP) is 2.88. The normalized spacial score (nSPS) is 10.0. The molecule has 0 spiro atoms. The van der Waals surface area contributed by atoms with Crippen molar-refractivity contribution >= 4 is 6.29 Å². The number of aryl methyl sites for hydroxylation is 1. The molecular formula is C14H13NO2. The van der Waals surface area contributed by atoms with E-state index in [-0.39, 0.29) is 0 Å². The van der Waals surface area contributed by atoms with E-state index in [4.69, 9.17) is 4.74 Å². The van der Waals surface area contributed by atoms with Crippen molar-refractivity contribution in [3.63, 3.8) is 0 Å². The minimum atomic E-state index is 0.627. The molecule has 0 saturated heterocycles. The number of aromatic nitrogens is 1. The number of rotatable bonds is 3. The molecule has 1 aromatic heterocycles. The fraction of sp³-hybridized carbons (Fsp3) is 0.143. The summed E-state index contributed by atoms with van der Waals surface area (Å²) in [6.45, 7) is 1.98. The quantitative estimate of drug-likeness (QED) is 0.757. The average Bonchev–Trinajstić information content (AvgIpc) is 2.38. The summed E-state index contributed by atoms with van der Waals surface area (Å²) in [6, 6.07) is 7.35. The molecule has 17 heavy (non-hydrogen) atoms. The number of benzene rings is 1. The van der Waals surface area contributed by atoms with Crippen LogP contribution in [0.4, 0.5) is 0 Å². The third-order valence-corrected chi connectivity index (χ3v) is 2.55. The topological polar surface area (TPSA) is 39.2 Å². The summed E-state index contributed by atoms with van der Waals surface area (Å²) < 4.78 is 5.30. The highest BCUT2D eigenvalue weighted by Crippen LogP contribution is 2.30. The molecule has 0 fully saturated rings. The molecule has 3 nitrogen and oxygen atoms in total. The highest BCUT2D eigenvalue weighted by atomic mass is 16.5. The number of carbonyl (C=O) groups is 1. The second-order valence-corrected chi connectivity index (χ2v) is 3.83. The van der Waals surface area contributed by atoms with Gasteiger partial charge < -0.3 is 4.74 Å². The molecule has 0 unspecified atom stereocenters. The van der Waals surface area contributed by atoms with Crippen molar-refractivity contribution in [2.45, 2.75) is 6.92 Å². The van der Waals surface area contributed by atoms with Gasteiger partial charge in [0.05, 0.1) is 7.11 Å². The van der Waals surface area contributed by atoms with Crippen LogP contribution in [0.15, 0.2) is 36.7 Å². The monoisotopic (exact) mass is 227 g/mol. The lowest BCUT2D eigenvalue weighted by atomic mass is 10.0. The standard InChI is InChI=1S/C14H13NO2/c1-10-5-12(8-15-7-10)13-6-11(9-16)3-4-14(13)17-2/h3-9H,1-2H3. The maximum absolute atomic E-state index is 10.8. The fourth-order valence-electron chi connectivity index (χ4n) is 1.73. The van der Waals surface area contributed by atoms with Crippen LogP contribution in [-0.4, -0.2) is 18.4 Å². The molecule has 0 atom stereocenters. The summed E-state index contributed by atoms with van der Waals surface area (Å²) >= 11 is 0. The van der Waals surface area contributed by atoms with Crippen molar-refractivity contribution in [1.82, 2.24) is 4.98 Å². The lowest BCUT2D eigenvalue weighted by molar-refractivity contribution is 0.112. The minimum Gasteiger partial charge on any atom is -0.496 e.